The molecule has 0 spiro atoms. The van der Waals surface area contributed by atoms with Crippen LogP contribution >= 0.6 is 15.9 Å². The van der Waals surface area contributed by atoms with Gasteiger partial charge in [0.1, 0.15) is 0 Å². The van der Waals surface area contributed by atoms with Gasteiger partial charge in [0.15, 0.2) is 0 Å². The van der Waals surface area contributed by atoms with Crippen LogP contribution in [-0.4, -0.2) is 17.6 Å². The predicted molar refractivity (Wildman–Crippen MR) is 82.8 cm³/mol. The predicted octanol–water partition coefficient (Wildman–Crippen LogP) is 3.04. The van der Waals surface area contributed by atoms with E-state index in [1.807, 2.05) is 42.5 Å². The van der Waals surface area contributed by atoms with Crippen molar-refractivity contribution >= 4 is 21.8 Å². The minimum atomic E-state index is -0.389. The quantitative estimate of drug-likeness (QED) is 0.826. The molecular weight excluding hydrogens is 318 g/mol. The summed E-state index contributed by atoms with van der Waals surface area (Å²) in [5, 5.41) is 13.0. The highest BCUT2D eigenvalue weighted by Gasteiger charge is 2.14. The van der Waals surface area contributed by atoms with Crippen LogP contribution in [-0.2, 0) is 5.33 Å². The van der Waals surface area contributed by atoms with E-state index in [1.54, 1.807) is 12.1 Å². The van der Waals surface area contributed by atoms with Crippen molar-refractivity contribution < 1.29 is 9.90 Å². The number of benzene rings is 2. The second kappa shape index (κ2) is 7.22. The van der Waals surface area contributed by atoms with E-state index in [4.69, 9.17) is 0 Å². The lowest BCUT2D eigenvalue weighted by molar-refractivity contribution is 0.0916. The molecule has 0 radical (unpaired) electrons. The summed E-state index contributed by atoms with van der Waals surface area (Å²) >= 11 is 3.37. The van der Waals surface area contributed by atoms with Gasteiger partial charge in [-0.3, -0.25) is 4.79 Å². The van der Waals surface area contributed by atoms with Crippen molar-refractivity contribution in [2.45, 2.75) is 11.4 Å². The van der Waals surface area contributed by atoms with Crippen molar-refractivity contribution in [2.75, 3.05) is 6.61 Å². The Kier molecular flexibility index (Phi) is 5.32. The zero-order valence-corrected chi connectivity index (χ0v) is 12.5. The average molecular weight is 334 g/mol. The Bertz CT molecular complexity index is 554. The molecule has 0 aromatic heterocycles. The number of carbonyl (C=O) groups is 1. The third-order valence-corrected chi connectivity index (χ3v) is 3.71. The summed E-state index contributed by atoms with van der Waals surface area (Å²) in [7, 11) is 0. The summed E-state index contributed by atoms with van der Waals surface area (Å²) < 4.78 is 0. The maximum atomic E-state index is 12.2. The van der Waals surface area contributed by atoms with Crippen LogP contribution in [0.25, 0.3) is 0 Å². The summed E-state index contributed by atoms with van der Waals surface area (Å²) in [6, 6.07) is 16.4. The van der Waals surface area contributed by atoms with Crippen LogP contribution in [0.2, 0.25) is 0 Å². The SMILES string of the molecule is O=C(N[C@@H](CO)c1ccccc1)c1ccc(CBr)cc1. The molecule has 2 aromatic rings. The Morgan fingerprint density at radius 3 is 2.30 bits per heavy atom. The Labute approximate surface area is 126 Å². The van der Waals surface area contributed by atoms with E-state index in [1.165, 1.54) is 0 Å². The minimum Gasteiger partial charge on any atom is -0.394 e. The number of rotatable bonds is 5. The number of aliphatic hydroxyl groups is 1. The van der Waals surface area contributed by atoms with E-state index in [2.05, 4.69) is 21.2 Å². The Balaban J connectivity index is 2.09. The smallest absolute Gasteiger partial charge is 0.251 e. The first-order chi connectivity index (χ1) is 9.74. The number of halogens is 1. The van der Waals surface area contributed by atoms with Gasteiger partial charge in [-0.05, 0) is 23.3 Å². The molecule has 0 heterocycles. The van der Waals surface area contributed by atoms with Crippen molar-refractivity contribution in [3.63, 3.8) is 0 Å². The van der Waals surface area contributed by atoms with Gasteiger partial charge in [0.25, 0.3) is 5.91 Å². The zero-order valence-electron chi connectivity index (χ0n) is 10.9. The van der Waals surface area contributed by atoms with Gasteiger partial charge in [-0.2, -0.15) is 0 Å². The number of carbonyl (C=O) groups excluding carboxylic acids is 1. The van der Waals surface area contributed by atoms with Gasteiger partial charge in [-0.25, -0.2) is 0 Å². The van der Waals surface area contributed by atoms with Gasteiger partial charge in [0.2, 0.25) is 0 Å². The average Bonchev–Trinajstić information content (AvgIpc) is 2.53. The van der Waals surface area contributed by atoms with E-state index in [-0.39, 0.29) is 18.6 Å². The number of aliphatic hydroxyl groups excluding tert-OH is 1. The van der Waals surface area contributed by atoms with E-state index in [0.717, 1.165) is 16.5 Å². The first-order valence-electron chi connectivity index (χ1n) is 6.36. The molecule has 104 valence electrons. The number of amides is 1. The lowest BCUT2D eigenvalue weighted by atomic mass is 10.1. The van der Waals surface area contributed by atoms with Crippen LogP contribution in [0.15, 0.2) is 54.6 Å². The lowest BCUT2D eigenvalue weighted by Crippen LogP contribution is -2.30. The second-order valence-corrected chi connectivity index (χ2v) is 5.01. The normalized spacial score (nSPS) is 11.9. The molecule has 3 nitrogen and oxygen atoms in total. The van der Waals surface area contributed by atoms with E-state index in [0.29, 0.717) is 5.56 Å². The number of alkyl halides is 1. The van der Waals surface area contributed by atoms with Gasteiger partial charge in [0.05, 0.1) is 12.6 Å². The van der Waals surface area contributed by atoms with E-state index >= 15 is 0 Å². The van der Waals surface area contributed by atoms with E-state index < -0.39 is 0 Å². The largest absolute Gasteiger partial charge is 0.394 e. The Morgan fingerprint density at radius 2 is 1.75 bits per heavy atom. The first-order valence-corrected chi connectivity index (χ1v) is 7.48. The number of hydrogen-bond donors (Lipinski definition) is 2. The molecule has 0 aliphatic rings. The molecule has 0 aliphatic heterocycles. The minimum absolute atomic E-state index is 0.130. The highest BCUT2D eigenvalue weighted by atomic mass is 79.9. The molecule has 2 N–H and O–H groups in total. The van der Waals surface area contributed by atoms with Crippen molar-refractivity contribution in [2.24, 2.45) is 0 Å². The molecule has 2 rings (SSSR count). The summed E-state index contributed by atoms with van der Waals surface area (Å²) in [6.07, 6.45) is 0. The van der Waals surface area contributed by atoms with Gasteiger partial charge < -0.3 is 10.4 Å². The van der Waals surface area contributed by atoms with Crippen LogP contribution in [0, 0.1) is 0 Å². The number of hydrogen-bond acceptors (Lipinski definition) is 2. The van der Waals surface area contributed by atoms with Crippen LogP contribution in [0.1, 0.15) is 27.5 Å². The topological polar surface area (TPSA) is 49.3 Å². The third-order valence-electron chi connectivity index (χ3n) is 3.06. The summed E-state index contributed by atoms with van der Waals surface area (Å²) in [5.74, 6) is -0.186. The number of nitrogens with one attached hydrogen (secondary N) is 1. The van der Waals surface area contributed by atoms with Crippen molar-refractivity contribution in [3.8, 4) is 0 Å². The molecule has 0 bridgehead atoms. The summed E-state index contributed by atoms with van der Waals surface area (Å²) in [5.41, 5.74) is 2.59. The molecule has 0 aliphatic carbocycles. The molecule has 2 aromatic carbocycles. The molecular formula is C16H16BrNO2. The molecule has 1 atom stereocenters. The molecule has 0 unspecified atom stereocenters. The van der Waals surface area contributed by atoms with Gasteiger partial charge >= 0.3 is 0 Å². The lowest BCUT2D eigenvalue weighted by Gasteiger charge is -2.16. The monoisotopic (exact) mass is 333 g/mol. The van der Waals surface area contributed by atoms with Crippen LogP contribution < -0.4 is 5.32 Å². The van der Waals surface area contributed by atoms with E-state index in [9.17, 15) is 9.90 Å². The first kappa shape index (κ1) is 14.8. The molecule has 20 heavy (non-hydrogen) atoms. The maximum Gasteiger partial charge on any atom is 0.251 e. The maximum absolute atomic E-state index is 12.2. The highest BCUT2D eigenvalue weighted by Crippen LogP contribution is 2.13. The van der Waals surface area contributed by atoms with Gasteiger partial charge in [-0.15, -0.1) is 0 Å². The van der Waals surface area contributed by atoms with Crippen LogP contribution in [0.5, 0.6) is 0 Å². The van der Waals surface area contributed by atoms with Crippen molar-refractivity contribution in [3.05, 3.63) is 71.3 Å². The molecule has 0 fully saturated rings. The fourth-order valence-electron chi connectivity index (χ4n) is 1.91. The van der Waals surface area contributed by atoms with Crippen molar-refractivity contribution in [1.29, 1.82) is 0 Å². The molecule has 0 saturated heterocycles. The highest BCUT2D eigenvalue weighted by molar-refractivity contribution is 9.08. The third kappa shape index (κ3) is 3.68. The molecule has 0 saturated carbocycles. The zero-order chi connectivity index (χ0) is 14.4. The molecule has 1 amide bonds. The van der Waals surface area contributed by atoms with Gasteiger partial charge in [-0.1, -0.05) is 58.4 Å². The van der Waals surface area contributed by atoms with Crippen LogP contribution in [0.3, 0.4) is 0 Å². The second-order valence-electron chi connectivity index (χ2n) is 4.45. The van der Waals surface area contributed by atoms with Gasteiger partial charge in [0, 0.05) is 10.9 Å². The standard InChI is InChI=1S/C16H16BrNO2/c17-10-12-6-8-14(9-7-12)16(20)18-15(11-19)13-4-2-1-3-5-13/h1-9,15,19H,10-11H2,(H,18,20)/t15-/m0/s1. The Hall–Kier alpha value is -1.65. The fraction of sp³-hybridized carbons (Fsp3) is 0.188. The Morgan fingerprint density at radius 1 is 1.10 bits per heavy atom. The summed E-state index contributed by atoms with van der Waals surface area (Å²) in [6.45, 7) is -0.130. The molecule has 4 heteroatoms. The van der Waals surface area contributed by atoms with Crippen LogP contribution in [0.4, 0.5) is 0 Å². The van der Waals surface area contributed by atoms with Crippen molar-refractivity contribution in [1.82, 2.24) is 5.32 Å². The fourth-order valence-corrected chi connectivity index (χ4v) is 2.28. The summed E-state index contributed by atoms with van der Waals surface area (Å²) in [4.78, 5) is 12.2.